The number of amides is 1. The van der Waals surface area contributed by atoms with Gasteiger partial charge in [-0.3, -0.25) is 4.79 Å². The second-order valence-electron chi connectivity index (χ2n) is 5.04. The van der Waals surface area contributed by atoms with E-state index in [2.05, 4.69) is 6.92 Å². The molecule has 0 spiro atoms. The van der Waals surface area contributed by atoms with E-state index in [9.17, 15) is 9.90 Å². The minimum Gasteiger partial charge on any atom is -0.508 e. The minimum absolute atomic E-state index is 0.131. The fourth-order valence-corrected chi connectivity index (χ4v) is 2.53. The Kier molecular flexibility index (Phi) is 4.24. The van der Waals surface area contributed by atoms with Crippen LogP contribution in [0.15, 0.2) is 24.3 Å². The Labute approximate surface area is 108 Å². The minimum atomic E-state index is 0.131. The van der Waals surface area contributed by atoms with Gasteiger partial charge in [-0.2, -0.15) is 0 Å². The molecule has 0 aromatic heterocycles. The maximum Gasteiger partial charge on any atom is 0.227 e. The number of likely N-dealkylation sites (tertiary alicyclic amines) is 1. The van der Waals surface area contributed by atoms with Gasteiger partial charge in [-0.05, 0) is 24.8 Å². The molecule has 98 valence electrons. The molecule has 1 fully saturated rings. The van der Waals surface area contributed by atoms with Crippen LogP contribution in [0.2, 0.25) is 0 Å². The highest BCUT2D eigenvalue weighted by atomic mass is 16.3. The first-order valence-electron chi connectivity index (χ1n) is 6.75. The Morgan fingerprint density at radius 3 is 2.61 bits per heavy atom. The van der Waals surface area contributed by atoms with Crippen molar-refractivity contribution in [2.45, 2.75) is 32.6 Å². The fourth-order valence-electron chi connectivity index (χ4n) is 2.53. The molecule has 0 unspecified atom stereocenters. The molecule has 0 atom stereocenters. The van der Waals surface area contributed by atoms with Crippen molar-refractivity contribution in [1.82, 2.24) is 4.90 Å². The molecule has 1 aliphatic rings. The van der Waals surface area contributed by atoms with E-state index in [1.165, 1.54) is 6.42 Å². The van der Waals surface area contributed by atoms with Gasteiger partial charge in [-0.15, -0.1) is 0 Å². The van der Waals surface area contributed by atoms with E-state index in [0.29, 0.717) is 6.42 Å². The quantitative estimate of drug-likeness (QED) is 0.892. The molecule has 1 N–H and O–H groups in total. The van der Waals surface area contributed by atoms with E-state index in [4.69, 9.17) is 0 Å². The number of hydrogen-bond acceptors (Lipinski definition) is 2. The van der Waals surface area contributed by atoms with E-state index < -0.39 is 0 Å². The summed E-state index contributed by atoms with van der Waals surface area (Å²) in [5.41, 5.74) is 0.722. The van der Waals surface area contributed by atoms with Crippen LogP contribution in [-0.4, -0.2) is 29.0 Å². The predicted molar refractivity (Wildman–Crippen MR) is 71.4 cm³/mol. The van der Waals surface area contributed by atoms with Crippen LogP contribution in [0.5, 0.6) is 5.75 Å². The van der Waals surface area contributed by atoms with Crippen LogP contribution in [0.25, 0.3) is 0 Å². The monoisotopic (exact) mass is 247 g/mol. The van der Waals surface area contributed by atoms with E-state index in [-0.39, 0.29) is 11.7 Å². The summed E-state index contributed by atoms with van der Waals surface area (Å²) in [5.74, 6) is 1.12. The van der Waals surface area contributed by atoms with Gasteiger partial charge in [0.05, 0.1) is 6.42 Å². The molecule has 18 heavy (non-hydrogen) atoms. The van der Waals surface area contributed by atoms with Crippen LogP contribution in [0.4, 0.5) is 0 Å². The number of phenols is 1. The van der Waals surface area contributed by atoms with Crippen molar-refractivity contribution in [1.29, 1.82) is 0 Å². The highest BCUT2D eigenvalue weighted by molar-refractivity contribution is 5.79. The Morgan fingerprint density at radius 2 is 2.00 bits per heavy atom. The molecule has 1 amide bonds. The summed E-state index contributed by atoms with van der Waals surface area (Å²) < 4.78 is 0. The molecular weight excluding hydrogens is 226 g/mol. The Hall–Kier alpha value is -1.51. The third-order valence-electron chi connectivity index (χ3n) is 3.88. The van der Waals surface area contributed by atoms with Gasteiger partial charge in [-0.25, -0.2) is 0 Å². The van der Waals surface area contributed by atoms with Crippen molar-refractivity contribution in [3.63, 3.8) is 0 Å². The van der Waals surface area contributed by atoms with Crippen molar-refractivity contribution >= 4 is 5.91 Å². The molecule has 1 heterocycles. The largest absolute Gasteiger partial charge is 0.508 e. The summed E-state index contributed by atoms with van der Waals surface area (Å²) in [6, 6.07) is 7.07. The topological polar surface area (TPSA) is 40.5 Å². The van der Waals surface area contributed by atoms with Crippen molar-refractivity contribution in [3.8, 4) is 5.75 Å². The maximum atomic E-state index is 12.1. The number of rotatable bonds is 3. The zero-order valence-corrected chi connectivity index (χ0v) is 10.9. The zero-order chi connectivity index (χ0) is 13.0. The van der Waals surface area contributed by atoms with Crippen LogP contribution < -0.4 is 0 Å². The van der Waals surface area contributed by atoms with Crippen LogP contribution in [-0.2, 0) is 11.2 Å². The fraction of sp³-hybridized carbons (Fsp3) is 0.533. The summed E-state index contributed by atoms with van der Waals surface area (Å²) in [6.07, 6.45) is 3.75. The lowest BCUT2D eigenvalue weighted by atomic mass is 9.94. The van der Waals surface area contributed by atoms with Crippen LogP contribution in [0, 0.1) is 5.92 Å². The highest BCUT2D eigenvalue weighted by Crippen LogP contribution is 2.22. The van der Waals surface area contributed by atoms with Crippen molar-refractivity contribution in [2.24, 2.45) is 5.92 Å². The molecule has 1 saturated heterocycles. The number of nitrogens with zero attached hydrogens (tertiary/aromatic N) is 1. The number of benzene rings is 1. The van der Waals surface area contributed by atoms with Gasteiger partial charge < -0.3 is 10.0 Å². The average molecular weight is 247 g/mol. The number of carbonyl (C=O) groups excluding carboxylic acids is 1. The third kappa shape index (κ3) is 3.03. The molecule has 0 saturated carbocycles. The molecule has 0 bridgehead atoms. The van der Waals surface area contributed by atoms with Crippen molar-refractivity contribution < 1.29 is 9.90 Å². The average Bonchev–Trinajstić information content (AvgIpc) is 2.41. The lowest BCUT2D eigenvalue weighted by Crippen LogP contribution is -2.39. The van der Waals surface area contributed by atoms with Gasteiger partial charge in [0.15, 0.2) is 0 Å². The SMILES string of the molecule is CCC1CCN(C(=O)Cc2ccccc2O)CC1. The molecule has 0 radical (unpaired) electrons. The lowest BCUT2D eigenvalue weighted by Gasteiger charge is -2.31. The smallest absolute Gasteiger partial charge is 0.227 e. The molecule has 0 aliphatic carbocycles. The van der Waals surface area contributed by atoms with Crippen molar-refractivity contribution in [2.75, 3.05) is 13.1 Å². The molecular formula is C15H21NO2. The molecule has 3 heteroatoms. The number of piperidine rings is 1. The molecule has 3 nitrogen and oxygen atoms in total. The van der Waals surface area contributed by atoms with Gasteiger partial charge in [-0.1, -0.05) is 31.5 Å². The molecule has 2 rings (SSSR count). The Bertz CT molecular complexity index is 409. The van der Waals surface area contributed by atoms with Crippen LogP contribution in [0.1, 0.15) is 31.7 Å². The molecule has 1 aliphatic heterocycles. The van der Waals surface area contributed by atoms with Gasteiger partial charge in [0, 0.05) is 18.7 Å². The summed E-state index contributed by atoms with van der Waals surface area (Å²) >= 11 is 0. The van der Waals surface area contributed by atoms with Crippen LogP contribution >= 0.6 is 0 Å². The van der Waals surface area contributed by atoms with Gasteiger partial charge >= 0.3 is 0 Å². The number of carbonyl (C=O) groups is 1. The number of hydrogen-bond donors (Lipinski definition) is 1. The van der Waals surface area contributed by atoms with E-state index in [1.54, 1.807) is 12.1 Å². The zero-order valence-electron chi connectivity index (χ0n) is 10.9. The van der Waals surface area contributed by atoms with Gasteiger partial charge in [0.2, 0.25) is 5.91 Å². The van der Waals surface area contributed by atoms with Crippen molar-refractivity contribution in [3.05, 3.63) is 29.8 Å². The number of aromatic hydroxyl groups is 1. The maximum absolute atomic E-state index is 12.1. The first kappa shape index (κ1) is 12.9. The summed E-state index contributed by atoms with van der Waals surface area (Å²) in [4.78, 5) is 14.1. The van der Waals surface area contributed by atoms with Gasteiger partial charge in [0.25, 0.3) is 0 Å². The first-order chi connectivity index (χ1) is 8.70. The predicted octanol–water partition coefficient (Wildman–Crippen LogP) is 2.58. The lowest BCUT2D eigenvalue weighted by molar-refractivity contribution is -0.131. The Balaban J connectivity index is 1.91. The summed E-state index contributed by atoms with van der Waals surface area (Å²) in [6.45, 7) is 3.94. The van der Waals surface area contributed by atoms with E-state index >= 15 is 0 Å². The van der Waals surface area contributed by atoms with Gasteiger partial charge in [0.1, 0.15) is 5.75 Å². The number of para-hydroxylation sites is 1. The second kappa shape index (κ2) is 5.89. The Morgan fingerprint density at radius 1 is 1.33 bits per heavy atom. The number of phenolic OH excluding ortho intramolecular Hbond substituents is 1. The summed E-state index contributed by atoms with van der Waals surface area (Å²) in [5, 5.41) is 9.67. The molecule has 1 aromatic rings. The normalized spacial score (nSPS) is 16.8. The van der Waals surface area contributed by atoms with E-state index in [0.717, 1.165) is 37.4 Å². The third-order valence-corrected chi connectivity index (χ3v) is 3.88. The van der Waals surface area contributed by atoms with E-state index in [1.807, 2.05) is 17.0 Å². The second-order valence-corrected chi connectivity index (χ2v) is 5.04. The first-order valence-corrected chi connectivity index (χ1v) is 6.75. The highest BCUT2D eigenvalue weighted by Gasteiger charge is 2.22. The standard InChI is InChI=1S/C15H21NO2/c1-2-12-7-9-16(10-8-12)15(18)11-13-5-3-4-6-14(13)17/h3-6,12,17H,2,7-11H2,1H3. The molecule has 1 aromatic carbocycles. The van der Waals surface area contributed by atoms with Crippen LogP contribution in [0.3, 0.4) is 0 Å². The summed E-state index contributed by atoms with van der Waals surface area (Å²) in [7, 11) is 0.